The molecule has 2 amide bonds. The number of rotatable bonds is 8. The van der Waals surface area contributed by atoms with E-state index in [9.17, 15) is 9.59 Å². The average molecular weight is 322 g/mol. The molecule has 0 fully saturated rings. The highest BCUT2D eigenvalue weighted by Gasteiger charge is 2.17. The summed E-state index contributed by atoms with van der Waals surface area (Å²) in [5.41, 5.74) is 0.930. The molecule has 0 aliphatic carbocycles. The number of hydrogen-bond acceptors (Lipinski definition) is 3. The SMILES string of the molecule is CC(C)COc1cccc(CNC(=O)N(C)CC(C)C(=O)O)c1. The Morgan fingerprint density at radius 2 is 2.00 bits per heavy atom. The molecular formula is C17H26N2O4. The predicted octanol–water partition coefficient (Wildman–Crippen LogP) is 2.58. The first kappa shape index (κ1) is 18.8. The molecule has 1 atom stereocenters. The van der Waals surface area contributed by atoms with Gasteiger partial charge in [0.25, 0.3) is 0 Å². The third-order valence-electron chi connectivity index (χ3n) is 3.24. The fourth-order valence-corrected chi connectivity index (χ4v) is 1.89. The van der Waals surface area contributed by atoms with E-state index in [4.69, 9.17) is 9.84 Å². The number of carbonyl (C=O) groups excluding carboxylic acids is 1. The number of nitrogens with one attached hydrogen (secondary N) is 1. The van der Waals surface area contributed by atoms with Crippen LogP contribution < -0.4 is 10.1 Å². The summed E-state index contributed by atoms with van der Waals surface area (Å²) in [5.74, 6) is -0.292. The first-order valence-corrected chi connectivity index (χ1v) is 7.73. The smallest absolute Gasteiger partial charge is 0.317 e. The zero-order chi connectivity index (χ0) is 17.4. The Kier molecular flexibility index (Phi) is 7.38. The maximum atomic E-state index is 12.0. The summed E-state index contributed by atoms with van der Waals surface area (Å²) in [5, 5.41) is 11.6. The molecule has 6 heteroatoms. The Balaban J connectivity index is 2.49. The van der Waals surface area contributed by atoms with E-state index < -0.39 is 11.9 Å². The van der Waals surface area contributed by atoms with Gasteiger partial charge in [-0.2, -0.15) is 0 Å². The third-order valence-corrected chi connectivity index (χ3v) is 3.24. The molecule has 0 heterocycles. The molecule has 0 saturated carbocycles. The van der Waals surface area contributed by atoms with Crippen molar-refractivity contribution in [2.24, 2.45) is 11.8 Å². The third kappa shape index (κ3) is 7.04. The molecule has 1 unspecified atom stereocenters. The van der Waals surface area contributed by atoms with Gasteiger partial charge in [-0.1, -0.05) is 32.9 Å². The van der Waals surface area contributed by atoms with Crippen LogP contribution in [-0.2, 0) is 11.3 Å². The highest BCUT2D eigenvalue weighted by Crippen LogP contribution is 2.14. The number of carboxylic acids is 1. The lowest BCUT2D eigenvalue weighted by Crippen LogP contribution is -2.40. The highest BCUT2D eigenvalue weighted by atomic mass is 16.5. The quantitative estimate of drug-likeness (QED) is 0.771. The van der Waals surface area contributed by atoms with Gasteiger partial charge in [-0.05, 0) is 23.6 Å². The normalized spacial score (nSPS) is 11.9. The zero-order valence-corrected chi connectivity index (χ0v) is 14.2. The molecule has 128 valence electrons. The monoisotopic (exact) mass is 322 g/mol. The van der Waals surface area contributed by atoms with Gasteiger partial charge in [0.1, 0.15) is 5.75 Å². The van der Waals surface area contributed by atoms with Crippen molar-refractivity contribution < 1.29 is 19.4 Å². The van der Waals surface area contributed by atoms with Crippen LogP contribution in [0, 0.1) is 11.8 Å². The second-order valence-corrected chi connectivity index (χ2v) is 6.13. The minimum atomic E-state index is -0.917. The number of hydrogen-bond donors (Lipinski definition) is 2. The van der Waals surface area contributed by atoms with Gasteiger partial charge in [0.05, 0.1) is 12.5 Å². The molecule has 1 aromatic carbocycles. The number of carbonyl (C=O) groups is 2. The van der Waals surface area contributed by atoms with Crippen LogP contribution in [0.15, 0.2) is 24.3 Å². The van der Waals surface area contributed by atoms with Crippen LogP contribution in [-0.4, -0.2) is 42.2 Å². The first-order chi connectivity index (χ1) is 10.8. The van der Waals surface area contributed by atoms with Crippen LogP contribution in [0.3, 0.4) is 0 Å². The average Bonchev–Trinajstić information content (AvgIpc) is 2.50. The molecule has 0 spiro atoms. The van der Waals surface area contributed by atoms with Crippen LogP contribution in [0.2, 0.25) is 0 Å². The Bertz CT molecular complexity index is 531. The fraction of sp³-hybridized carbons (Fsp3) is 0.529. The Morgan fingerprint density at radius 1 is 1.30 bits per heavy atom. The van der Waals surface area contributed by atoms with Crippen molar-refractivity contribution in [3.63, 3.8) is 0 Å². The molecule has 1 aromatic rings. The van der Waals surface area contributed by atoms with Crippen LogP contribution in [0.1, 0.15) is 26.3 Å². The summed E-state index contributed by atoms with van der Waals surface area (Å²) in [6.07, 6.45) is 0. The molecule has 1 rings (SSSR count). The molecule has 0 aliphatic heterocycles. The Morgan fingerprint density at radius 3 is 2.61 bits per heavy atom. The van der Waals surface area contributed by atoms with E-state index in [0.717, 1.165) is 11.3 Å². The van der Waals surface area contributed by atoms with Crippen molar-refractivity contribution in [3.05, 3.63) is 29.8 Å². The van der Waals surface area contributed by atoms with Crippen molar-refractivity contribution in [3.8, 4) is 5.75 Å². The largest absolute Gasteiger partial charge is 0.493 e. The van der Waals surface area contributed by atoms with Crippen molar-refractivity contribution >= 4 is 12.0 Å². The number of carboxylic acid groups (broad SMARTS) is 1. The van der Waals surface area contributed by atoms with E-state index in [0.29, 0.717) is 19.1 Å². The molecule has 6 nitrogen and oxygen atoms in total. The topological polar surface area (TPSA) is 78.9 Å². The number of amides is 2. The molecule has 2 N–H and O–H groups in total. The minimum Gasteiger partial charge on any atom is -0.493 e. The number of ether oxygens (including phenoxy) is 1. The summed E-state index contributed by atoms with van der Waals surface area (Å²) in [6, 6.07) is 7.26. The fourth-order valence-electron chi connectivity index (χ4n) is 1.89. The number of urea groups is 1. The van der Waals surface area contributed by atoms with Crippen molar-refractivity contribution in [2.75, 3.05) is 20.2 Å². The van der Waals surface area contributed by atoms with Crippen LogP contribution in [0.5, 0.6) is 5.75 Å². The van der Waals surface area contributed by atoms with Gasteiger partial charge in [-0.3, -0.25) is 4.79 Å². The Hall–Kier alpha value is -2.24. The van der Waals surface area contributed by atoms with Gasteiger partial charge in [-0.15, -0.1) is 0 Å². The maximum Gasteiger partial charge on any atom is 0.317 e. The summed E-state index contributed by atoms with van der Waals surface area (Å²) in [7, 11) is 1.58. The van der Waals surface area contributed by atoms with Gasteiger partial charge in [-0.25, -0.2) is 4.79 Å². The molecule has 0 bridgehead atoms. The molecule has 23 heavy (non-hydrogen) atoms. The van der Waals surface area contributed by atoms with Crippen molar-refractivity contribution in [2.45, 2.75) is 27.3 Å². The molecular weight excluding hydrogens is 296 g/mol. The standard InChI is InChI=1S/C17H26N2O4/c1-12(2)11-23-15-7-5-6-14(8-15)9-18-17(22)19(4)10-13(3)16(20)21/h5-8,12-13H,9-11H2,1-4H3,(H,18,22)(H,20,21). The lowest BCUT2D eigenvalue weighted by Gasteiger charge is -2.20. The predicted molar refractivity (Wildman–Crippen MR) is 88.4 cm³/mol. The lowest BCUT2D eigenvalue weighted by atomic mass is 10.2. The molecule has 0 radical (unpaired) electrons. The van der Waals surface area contributed by atoms with E-state index in [1.54, 1.807) is 14.0 Å². The summed E-state index contributed by atoms with van der Waals surface area (Å²) >= 11 is 0. The van der Waals surface area contributed by atoms with E-state index in [-0.39, 0.29) is 12.6 Å². The van der Waals surface area contributed by atoms with Gasteiger partial charge in [0, 0.05) is 20.1 Å². The van der Waals surface area contributed by atoms with E-state index >= 15 is 0 Å². The molecule has 0 saturated heterocycles. The number of benzene rings is 1. The second kappa shape index (κ2) is 9.02. The second-order valence-electron chi connectivity index (χ2n) is 6.13. The van der Waals surface area contributed by atoms with Crippen molar-refractivity contribution in [1.29, 1.82) is 0 Å². The van der Waals surface area contributed by atoms with E-state index in [2.05, 4.69) is 19.2 Å². The van der Waals surface area contributed by atoms with Crippen LogP contribution in [0.25, 0.3) is 0 Å². The molecule has 0 aliphatic rings. The van der Waals surface area contributed by atoms with Crippen molar-refractivity contribution in [1.82, 2.24) is 10.2 Å². The van der Waals surface area contributed by atoms with Crippen LogP contribution in [0.4, 0.5) is 4.79 Å². The number of aliphatic carboxylic acids is 1. The maximum absolute atomic E-state index is 12.0. The van der Waals surface area contributed by atoms with E-state index in [1.165, 1.54) is 4.90 Å². The zero-order valence-electron chi connectivity index (χ0n) is 14.2. The van der Waals surface area contributed by atoms with Gasteiger partial charge in [0.15, 0.2) is 0 Å². The number of nitrogens with zero attached hydrogens (tertiary/aromatic N) is 1. The summed E-state index contributed by atoms with van der Waals surface area (Å²) in [6.45, 7) is 6.91. The highest BCUT2D eigenvalue weighted by molar-refractivity contribution is 5.75. The first-order valence-electron chi connectivity index (χ1n) is 7.73. The van der Waals surface area contributed by atoms with E-state index in [1.807, 2.05) is 24.3 Å². The Labute approximate surface area is 137 Å². The summed E-state index contributed by atoms with van der Waals surface area (Å²) in [4.78, 5) is 24.1. The lowest BCUT2D eigenvalue weighted by molar-refractivity contribution is -0.141. The summed E-state index contributed by atoms with van der Waals surface area (Å²) < 4.78 is 5.65. The van der Waals surface area contributed by atoms with Gasteiger partial charge >= 0.3 is 12.0 Å². The minimum absolute atomic E-state index is 0.165. The van der Waals surface area contributed by atoms with Gasteiger partial charge < -0.3 is 20.1 Å². The van der Waals surface area contributed by atoms with Crippen LogP contribution >= 0.6 is 0 Å². The van der Waals surface area contributed by atoms with Gasteiger partial charge in [0.2, 0.25) is 0 Å². The molecule has 0 aromatic heterocycles.